The van der Waals surface area contributed by atoms with E-state index in [-0.39, 0.29) is 18.3 Å². The van der Waals surface area contributed by atoms with Crippen LogP contribution in [0.2, 0.25) is 0 Å². The molecule has 0 aromatic heterocycles. The van der Waals surface area contributed by atoms with Gasteiger partial charge >= 0.3 is 0 Å². The predicted octanol–water partition coefficient (Wildman–Crippen LogP) is 1.30. The monoisotopic (exact) mass is 269 g/mol. The fourth-order valence-electron chi connectivity index (χ4n) is 2.85. The van der Waals surface area contributed by atoms with Gasteiger partial charge in [0.05, 0.1) is 6.61 Å². The summed E-state index contributed by atoms with van der Waals surface area (Å²) in [7, 11) is 0. The normalized spacial score (nSPS) is 47.0. The lowest BCUT2D eigenvalue weighted by Gasteiger charge is -2.24. The van der Waals surface area contributed by atoms with Crippen LogP contribution >= 0.6 is 0 Å². The Hall–Kier alpha value is -0.710. The van der Waals surface area contributed by atoms with E-state index in [9.17, 15) is 0 Å². The standard InChI is InChI=1S/C13H19NO5/c1-12(2)15-6-7(17-12)9-8(14-5)10-11(16-9)19-13(3,4)18-10/h7-11H,6H2,1-4H3/t7-,8-,9-,10-,11-/m1/s1. The lowest BCUT2D eigenvalue weighted by molar-refractivity contribution is -0.221. The van der Waals surface area contributed by atoms with E-state index >= 15 is 0 Å². The number of rotatable bonds is 1. The van der Waals surface area contributed by atoms with Crippen molar-refractivity contribution in [1.29, 1.82) is 0 Å². The molecule has 0 radical (unpaired) electrons. The highest BCUT2D eigenvalue weighted by Crippen LogP contribution is 2.41. The number of hydrogen-bond donors (Lipinski definition) is 0. The van der Waals surface area contributed by atoms with Crippen LogP contribution in [0.1, 0.15) is 27.7 Å². The Labute approximate surface area is 112 Å². The van der Waals surface area contributed by atoms with Crippen LogP contribution < -0.4 is 0 Å². The van der Waals surface area contributed by atoms with Crippen molar-refractivity contribution in [2.75, 3.05) is 6.61 Å². The van der Waals surface area contributed by atoms with Gasteiger partial charge in [0, 0.05) is 0 Å². The molecule has 0 spiro atoms. The van der Waals surface area contributed by atoms with E-state index in [1.54, 1.807) is 0 Å². The molecule has 5 atom stereocenters. The largest absolute Gasteiger partial charge is 0.348 e. The second-order valence-electron chi connectivity index (χ2n) is 6.06. The van der Waals surface area contributed by atoms with Gasteiger partial charge in [-0.2, -0.15) is 0 Å². The summed E-state index contributed by atoms with van der Waals surface area (Å²) in [6.45, 7) is 15.2. The van der Waals surface area contributed by atoms with E-state index < -0.39 is 23.9 Å². The Bertz CT molecular complexity index is 416. The van der Waals surface area contributed by atoms with Gasteiger partial charge < -0.3 is 28.5 Å². The minimum atomic E-state index is -0.699. The molecule has 0 unspecified atom stereocenters. The maximum absolute atomic E-state index is 7.39. The molecule has 19 heavy (non-hydrogen) atoms. The molecule has 0 bridgehead atoms. The summed E-state index contributed by atoms with van der Waals surface area (Å²) in [5.41, 5.74) is 0. The Balaban J connectivity index is 1.75. The molecule has 0 aromatic carbocycles. The molecular weight excluding hydrogens is 250 g/mol. The number of fused-ring (bicyclic) bond motifs is 1. The molecule has 0 aromatic rings. The van der Waals surface area contributed by atoms with Crippen LogP contribution in [0.4, 0.5) is 0 Å². The van der Waals surface area contributed by atoms with E-state index in [0.717, 1.165) is 0 Å². The first-order chi connectivity index (χ1) is 8.81. The van der Waals surface area contributed by atoms with Gasteiger partial charge in [-0.05, 0) is 27.7 Å². The second-order valence-corrected chi connectivity index (χ2v) is 6.06. The SMILES string of the molecule is [C-]#[N+][C@H]1[C@H]2OC(C)(C)O[C@H]2O[C@@H]1[C@H]1COC(C)(C)O1. The summed E-state index contributed by atoms with van der Waals surface area (Å²) >= 11 is 0. The summed E-state index contributed by atoms with van der Waals surface area (Å²) in [6.07, 6.45) is -1.48. The van der Waals surface area contributed by atoms with Crippen molar-refractivity contribution in [2.24, 2.45) is 0 Å². The number of nitrogens with zero attached hydrogens (tertiary/aromatic N) is 1. The summed E-state index contributed by atoms with van der Waals surface area (Å²) < 4.78 is 28.6. The molecule has 3 saturated heterocycles. The molecule has 106 valence electrons. The number of hydrogen-bond acceptors (Lipinski definition) is 5. The summed E-state index contributed by atoms with van der Waals surface area (Å²) in [4.78, 5) is 3.65. The van der Waals surface area contributed by atoms with E-state index in [1.807, 2.05) is 27.7 Å². The van der Waals surface area contributed by atoms with E-state index in [0.29, 0.717) is 6.61 Å². The Morgan fingerprint density at radius 3 is 2.32 bits per heavy atom. The topological polar surface area (TPSA) is 50.5 Å². The quantitative estimate of drug-likeness (QED) is 0.672. The molecular formula is C13H19NO5. The van der Waals surface area contributed by atoms with Crippen molar-refractivity contribution in [2.45, 2.75) is 69.9 Å². The minimum absolute atomic E-state index is 0.255. The van der Waals surface area contributed by atoms with Gasteiger partial charge in [0.25, 0.3) is 6.04 Å². The van der Waals surface area contributed by atoms with Gasteiger partial charge in [-0.1, -0.05) is 0 Å². The summed E-state index contributed by atoms with van der Waals surface area (Å²) in [6, 6.07) is -0.422. The lowest BCUT2D eigenvalue weighted by atomic mass is 10.0. The van der Waals surface area contributed by atoms with Gasteiger partial charge in [0.15, 0.2) is 30.1 Å². The van der Waals surface area contributed by atoms with Gasteiger partial charge in [-0.25, -0.2) is 6.57 Å². The van der Waals surface area contributed by atoms with Crippen molar-refractivity contribution in [1.82, 2.24) is 0 Å². The lowest BCUT2D eigenvalue weighted by Crippen LogP contribution is -2.41. The van der Waals surface area contributed by atoms with E-state index in [4.69, 9.17) is 30.3 Å². The van der Waals surface area contributed by atoms with Crippen LogP contribution in [-0.4, -0.2) is 48.8 Å². The molecule has 3 aliphatic rings. The first-order valence-corrected chi connectivity index (χ1v) is 6.51. The molecule has 3 fully saturated rings. The molecule has 0 amide bonds. The van der Waals surface area contributed by atoms with Gasteiger partial charge in [-0.15, -0.1) is 0 Å². The fraction of sp³-hybridized carbons (Fsp3) is 0.923. The smallest absolute Gasteiger partial charge is 0.282 e. The molecule has 3 aliphatic heterocycles. The highest BCUT2D eigenvalue weighted by atomic mass is 16.8. The minimum Gasteiger partial charge on any atom is -0.348 e. The highest BCUT2D eigenvalue weighted by Gasteiger charge is 2.62. The zero-order chi connectivity index (χ0) is 13.8. The van der Waals surface area contributed by atoms with Crippen LogP contribution in [0.3, 0.4) is 0 Å². The zero-order valence-corrected chi connectivity index (χ0v) is 11.6. The maximum Gasteiger partial charge on any atom is 0.282 e. The third kappa shape index (κ3) is 2.26. The van der Waals surface area contributed by atoms with Gasteiger partial charge in [-0.3, -0.25) is 0 Å². The maximum atomic E-state index is 7.39. The van der Waals surface area contributed by atoms with Crippen LogP contribution in [0.15, 0.2) is 0 Å². The summed E-state index contributed by atoms with van der Waals surface area (Å²) in [5.74, 6) is -1.32. The van der Waals surface area contributed by atoms with Gasteiger partial charge in [0.2, 0.25) is 0 Å². The third-order valence-corrected chi connectivity index (χ3v) is 3.60. The first kappa shape index (κ1) is 13.3. The van der Waals surface area contributed by atoms with Crippen molar-refractivity contribution in [3.63, 3.8) is 0 Å². The highest BCUT2D eigenvalue weighted by molar-refractivity contribution is 5.06. The first-order valence-electron chi connectivity index (χ1n) is 6.51. The molecule has 6 heteroatoms. The fourth-order valence-corrected chi connectivity index (χ4v) is 2.85. The molecule has 3 rings (SSSR count). The van der Waals surface area contributed by atoms with Gasteiger partial charge in [0.1, 0.15) is 6.10 Å². The average Bonchev–Trinajstić information content (AvgIpc) is 2.87. The van der Waals surface area contributed by atoms with Crippen molar-refractivity contribution >= 4 is 0 Å². The average molecular weight is 269 g/mol. The second kappa shape index (κ2) is 4.14. The van der Waals surface area contributed by atoms with E-state index in [1.165, 1.54) is 0 Å². The molecule has 0 saturated carbocycles. The Kier molecular flexibility index (Phi) is 2.89. The molecule has 0 N–H and O–H groups in total. The Morgan fingerprint density at radius 1 is 1.00 bits per heavy atom. The molecule has 0 aliphatic carbocycles. The van der Waals surface area contributed by atoms with Crippen LogP contribution in [0.25, 0.3) is 4.85 Å². The van der Waals surface area contributed by atoms with Crippen molar-refractivity contribution in [3.8, 4) is 0 Å². The van der Waals surface area contributed by atoms with Crippen LogP contribution in [0.5, 0.6) is 0 Å². The van der Waals surface area contributed by atoms with Crippen LogP contribution in [0, 0.1) is 6.57 Å². The van der Waals surface area contributed by atoms with Crippen LogP contribution in [-0.2, 0) is 23.7 Å². The van der Waals surface area contributed by atoms with Crippen molar-refractivity contribution in [3.05, 3.63) is 11.4 Å². The number of ether oxygens (including phenoxy) is 5. The molecule has 3 heterocycles. The Morgan fingerprint density at radius 2 is 1.74 bits per heavy atom. The third-order valence-electron chi connectivity index (χ3n) is 3.60. The predicted molar refractivity (Wildman–Crippen MR) is 64.0 cm³/mol. The summed E-state index contributed by atoms with van der Waals surface area (Å²) in [5, 5.41) is 0. The van der Waals surface area contributed by atoms with Crippen molar-refractivity contribution < 1.29 is 23.7 Å². The zero-order valence-electron chi connectivity index (χ0n) is 11.6. The molecule has 6 nitrogen and oxygen atoms in total. The van der Waals surface area contributed by atoms with E-state index in [2.05, 4.69) is 4.85 Å².